The minimum atomic E-state index is 0.135. The van der Waals surface area contributed by atoms with Gasteiger partial charge in [-0.05, 0) is 45.0 Å². The third-order valence-electron chi connectivity index (χ3n) is 4.14. The number of pyridine rings is 1. The van der Waals surface area contributed by atoms with Crippen LogP contribution in [0.5, 0.6) is 0 Å². The molecule has 4 heteroatoms. The zero-order valence-corrected chi connectivity index (χ0v) is 12.6. The smallest absolute Gasteiger partial charge is 0.254 e. The second-order valence-electron chi connectivity index (χ2n) is 5.79. The standard InChI is InChI=1S/C17H21N3O/c1-12-9-15(14-5-3-4-6-16(14)19-12)17(21)20-8-7-13(11-20)10-18-2/h3-6,9,13,18H,7-8,10-11H2,1-2H3. The fourth-order valence-electron chi connectivity index (χ4n) is 3.13. The highest BCUT2D eigenvalue weighted by Gasteiger charge is 2.27. The van der Waals surface area contributed by atoms with Crippen molar-refractivity contribution in [1.82, 2.24) is 15.2 Å². The number of carbonyl (C=O) groups excluding carboxylic acids is 1. The molecule has 2 aromatic rings. The van der Waals surface area contributed by atoms with E-state index in [4.69, 9.17) is 0 Å². The highest BCUT2D eigenvalue weighted by Crippen LogP contribution is 2.23. The fraction of sp³-hybridized carbons (Fsp3) is 0.412. The van der Waals surface area contributed by atoms with Crippen molar-refractivity contribution in [2.45, 2.75) is 13.3 Å². The predicted molar refractivity (Wildman–Crippen MR) is 84.4 cm³/mol. The number of benzene rings is 1. The van der Waals surface area contributed by atoms with Crippen LogP contribution in [0.2, 0.25) is 0 Å². The van der Waals surface area contributed by atoms with Gasteiger partial charge >= 0.3 is 0 Å². The van der Waals surface area contributed by atoms with Gasteiger partial charge in [0.2, 0.25) is 0 Å². The number of nitrogens with zero attached hydrogens (tertiary/aromatic N) is 2. The Bertz CT molecular complexity index is 668. The van der Waals surface area contributed by atoms with E-state index in [9.17, 15) is 4.79 Å². The van der Waals surface area contributed by atoms with Gasteiger partial charge in [-0.15, -0.1) is 0 Å². The Hall–Kier alpha value is -1.94. The topological polar surface area (TPSA) is 45.2 Å². The van der Waals surface area contributed by atoms with Crippen LogP contribution in [0, 0.1) is 12.8 Å². The second kappa shape index (κ2) is 5.82. The minimum Gasteiger partial charge on any atom is -0.338 e. The zero-order chi connectivity index (χ0) is 14.8. The molecule has 0 spiro atoms. The first-order valence-corrected chi connectivity index (χ1v) is 7.49. The Morgan fingerprint density at radius 2 is 2.24 bits per heavy atom. The van der Waals surface area contributed by atoms with Crippen molar-refractivity contribution in [2.24, 2.45) is 5.92 Å². The third-order valence-corrected chi connectivity index (χ3v) is 4.14. The van der Waals surface area contributed by atoms with Crippen molar-refractivity contribution in [3.05, 3.63) is 41.6 Å². The molecular weight excluding hydrogens is 262 g/mol. The van der Waals surface area contributed by atoms with Crippen LogP contribution in [0.1, 0.15) is 22.5 Å². The molecule has 1 aliphatic rings. The summed E-state index contributed by atoms with van der Waals surface area (Å²) in [5.41, 5.74) is 2.57. The van der Waals surface area contributed by atoms with E-state index in [0.29, 0.717) is 5.92 Å². The van der Waals surface area contributed by atoms with Crippen LogP contribution in [0.15, 0.2) is 30.3 Å². The van der Waals surface area contributed by atoms with E-state index in [-0.39, 0.29) is 5.91 Å². The number of hydrogen-bond acceptors (Lipinski definition) is 3. The summed E-state index contributed by atoms with van der Waals surface area (Å²) in [6.07, 6.45) is 1.08. The highest BCUT2D eigenvalue weighted by molar-refractivity contribution is 6.06. The Morgan fingerprint density at radius 3 is 3.05 bits per heavy atom. The molecule has 1 saturated heterocycles. The molecule has 1 aromatic heterocycles. The van der Waals surface area contributed by atoms with Crippen molar-refractivity contribution in [2.75, 3.05) is 26.7 Å². The minimum absolute atomic E-state index is 0.135. The first kappa shape index (κ1) is 14.0. The van der Waals surface area contributed by atoms with Gasteiger partial charge in [0.05, 0.1) is 11.1 Å². The van der Waals surface area contributed by atoms with Gasteiger partial charge in [-0.2, -0.15) is 0 Å². The molecule has 0 aliphatic carbocycles. The predicted octanol–water partition coefficient (Wildman–Crippen LogP) is 2.22. The molecule has 1 aromatic carbocycles. The maximum atomic E-state index is 12.8. The molecule has 0 radical (unpaired) electrons. The largest absolute Gasteiger partial charge is 0.338 e. The Morgan fingerprint density at radius 1 is 1.43 bits per heavy atom. The van der Waals surface area contributed by atoms with Gasteiger partial charge in [0.1, 0.15) is 0 Å². The highest BCUT2D eigenvalue weighted by atomic mass is 16.2. The fourth-order valence-corrected chi connectivity index (χ4v) is 3.13. The van der Waals surface area contributed by atoms with Gasteiger partial charge in [-0.3, -0.25) is 9.78 Å². The van der Waals surface area contributed by atoms with Crippen LogP contribution in [-0.2, 0) is 0 Å². The lowest BCUT2D eigenvalue weighted by atomic mass is 10.1. The molecule has 1 amide bonds. The summed E-state index contributed by atoms with van der Waals surface area (Å²) >= 11 is 0. The van der Waals surface area contributed by atoms with Crippen molar-refractivity contribution in [3.63, 3.8) is 0 Å². The van der Waals surface area contributed by atoms with Gasteiger partial charge < -0.3 is 10.2 Å². The number of aromatic nitrogens is 1. The van der Waals surface area contributed by atoms with E-state index in [2.05, 4.69) is 10.3 Å². The van der Waals surface area contributed by atoms with Crippen LogP contribution in [0.3, 0.4) is 0 Å². The Kier molecular flexibility index (Phi) is 3.88. The lowest BCUT2D eigenvalue weighted by Crippen LogP contribution is -2.30. The molecule has 0 saturated carbocycles. The molecule has 0 bridgehead atoms. The number of carbonyl (C=O) groups is 1. The molecule has 3 rings (SSSR count). The zero-order valence-electron chi connectivity index (χ0n) is 12.6. The number of likely N-dealkylation sites (tertiary alicyclic amines) is 1. The lowest BCUT2D eigenvalue weighted by Gasteiger charge is -2.18. The van der Waals surface area contributed by atoms with Crippen molar-refractivity contribution in [3.8, 4) is 0 Å². The quantitative estimate of drug-likeness (QED) is 0.939. The van der Waals surface area contributed by atoms with Gasteiger partial charge in [0.15, 0.2) is 0 Å². The van der Waals surface area contributed by atoms with E-state index in [0.717, 1.165) is 48.2 Å². The summed E-state index contributed by atoms with van der Waals surface area (Å²) in [7, 11) is 1.96. The molecule has 4 nitrogen and oxygen atoms in total. The Balaban J connectivity index is 1.92. The van der Waals surface area contributed by atoms with Crippen LogP contribution in [0.4, 0.5) is 0 Å². The SMILES string of the molecule is CNCC1CCN(C(=O)c2cc(C)nc3ccccc23)C1. The molecule has 1 N–H and O–H groups in total. The van der Waals surface area contributed by atoms with E-state index < -0.39 is 0 Å². The summed E-state index contributed by atoms with van der Waals surface area (Å²) in [4.78, 5) is 19.3. The number of rotatable bonds is 3. The Labute approximate surface area is 125 Å². The summed E-state index contributed by atoms with van der Waals surface area (Å²) in [5.74, 6) is 0.698. The van der Waals surface area contributed by atoms with Crippen molar-refractivity contribution >= 4 is 16.8 Å². The normalized spacial score (nSPS) is 18.4. The average Bonchev–Trinajstić information content (AvgIpc) is 2.94. The number of aryl methyl sites for hydroxylation is 1. The van der Waals surface area contributed by atoms with E-state index in [1.165, 1.54) is 0 Å². The van der Waals surface area contributed by atoms with Gasteiger partial charge in [-0.1, -0.05) is 18.2 Å². The molecule has 110 valence electrons. The lowest BCUT2D eigenvalue weighted by molar-refractivity contribution is 0.0789. The molecule has 1 aliphatic heterocycles. The molecule has 1 unspecified atom stereocenters. The van der Waals surface area contributed by atoms with Gasteiger partial charge in [0.25, 0.3) is 5.91 Å². The van der Waals surface area contributed by atoms with Gasteiger partial charge in [0, 0.05) is 24.2 Å². The molecule has 1 fully saturated rings. The number of para-hydroxylation sites is 1. The number of hydrogen-bond donors (Lipinski definition) is 1. The number of nitrogens with one attached hydrogen (secondary N) is 1. The summed E-state index contributed by atoms with van der Waals surface area (Å²) < 4.78 is 0. The first-order chi connectivity index (χ1) is 10.2. The van der Waals surface area contributed by atoms with Crippen molar-refractivity contribution < 1.29 is 4.79 Å². The van der Waals surface area contributed by atoms with Crippen LogP contribution >= 0.6 is 0 Å². The number of fused-ring (bicyclic) bond motifs is 1. The maximum absolute atomic E-state index is 12.8. The molecular formula is C17H21N3O. The summed E-state index contributed by atoms with van der Waals surface area (Å²) in [6, 6.07) is 9.78. The number of amides is 1. The molecule has 1 atom stereocenters. The average molecular weight is 283 g/mol. The van der Waals surface area contributed by atoms with E-state index in [1.807, 2.05) is 49.2 Å². The van der Waals surface area contributed by atoms with Crippen molar-refractivity contribution in [1.29, 1.82) is 0 Å². The van der Waals surface area contributed by atoms with Crippen LogP contribution in [0.25, 0.3) is 10.9 Å². The maximum Gasteiger partial charge on any atom is 0.254 e. The third kappa shape index (κ3) is 2.76. The monoisotopic (exact) mass is 283 g/mol. The van der Waals surface area contributed by atoms with E-state index in [1.54, 1.807) is 0 Å². The van der Waals surface area contributed by atoms with E-state index >= 15 is 0 Å². The second-order valence-corrected chi connectivity index (χ2v) is 5.79. The van der Waals surface area contributed by atoms with Crippen LogP contribution in [-0.4, -0.2) is 42.5 Å². The van der Waals surface area contributed by atoms with Crippen LogP contribution < -0.4 is 5.32 Å². The molecule has 2 heterocycles. The summed E-state index contributed by atoms with van der Waals surface area (Å²) in [5, 5.41) is 4.15. The molecule has 21 heavy (non-hydrogen) atoms. The summed E-state index contributed by atoms with van der Waals surface area (Å²) in [6.45, 7) is 4.60. The first-order valence-electron chi connectivity index (χ1n) is 7.49. The van der Waals surface area contributed by atoms with Gasteiger partial charge in [-0.25, -0.2) is 0 Å².